The van der Waals surface area contributed by atoms with Crippen LogP contribution in [0.15, 0.2) is 42.5 Å². The number of H-pyrrole nitrogens is 1. The number of esters is 1. The van der Waals surface area contributed by atoms with Gasteiger partial charge in [0, 0.05) is 17.5 Å². The van der Waals surface area contributed by atoms with Gasteiger partial charge in [0.25, 0.3) is 5.91 Å². The van der Waals surface area contributed by atoms with Gasteiger partial charge in [0.05, 0.1) is 17.6 Å². The topological polar surface area (TPSA) is 75.3 Å². The van der Waals surface area contributed by atoms with E-state index in [-0.39, 0.29) is 24.1 Å². The molecule has 1 spiro atoms. The van der Waals surface area contributed by atoms with Crippen LogP contribution in [0.25, 0.3) is 10.9 Å². The maximum atomic E-state index is 13.4. The molecule has 1 aromatic heterocycles. The van der Waals surface area contributed by atoms with E-state index in [1.165, 1.54) is 12.1 Å². The predicted octanol–water partition coefficient (Wildman–Crippen LogP) is 3.00. The van der Waals surface area contributed by atoms with Crippen LogP contribution in [0.5, 0.6) is 0 Å². The quantitative estimate of drug-likeness (QED) is 0.673. The highest BCUT2D eigenvalue weighted by molar-refractivity contribution is 6.04. The number of hydrogen-bond donors (Lipinski definition) is 1. The minimum Gasteiger partial charge on any atom is -0.449 e. The summed E-state index contributed by atoms with van der Waals surface area (Å²) in [4.78, 5) is 27.0. The van der Waals surface area contributed by atoms with E-state index in [2.05, 4.69) is 10.2 Å². The second kappa shape index (κ2) is 5.64. The number of carbonyl (C=O) groups excluding carboxylic acids is 2. The number of amides is 1. The Hall–Kier alpha value is -3.22. The second-order valence-electron chi connectivity index (χ2n) is 7.02. The van der Waals surface area contributed by atoms with Gasteiger partial charge in [0.1, 0.15) is 5.82 Å². The van der Waals surface area contributed by atoms with Gasteiger partial charge in [-0.15, -0.1) is 0 Å². The van der Waals surface area contributed by atoms with Gasteiger partial charge < -0.3 is 9.64 Å². The van der Waals surface area contributed by atoms with Crippen molar-refractivity contribution in [1.29, 1.82) is 0 Å². The summed E-state index contributed by atoms with van der Waals surface area (Å²) < 4.78 is 19.1. The first-order valence-corrected chi connectivity index (χ1v) is 8.83. The molecule has 0 radical (unpaired) electrons. The van der Waals surface area contributed by atoms with Crippen LogP contribution in [0.1, 0.15) is 39.3 Å². The maximum Gasteiger partial charge on any atom is 0.339 e. The number of aromatic nitrogens is 2. The number of nitrogens with zero attached hydrogens (tertiary/aromatic N) is 2. The number of aromatic amines is 1. The molecule has 5 rings (SSSR count). The predicted molar refractivity (Wildman–Crippen MR) is 94.7 cm³/mol. The number of halogens is 1. The molecule has 27 heavy (non-hydrogen) atoms. The summed E-state index contributed by atoms with van der Waals surface area (Å²) in [6.45, 7) is 0.833. The minimum atomic E-state index is -0.806. The lowest BCUT2D eigenvalue weighted by Gasteiger charge is -2.39. The normalized spacial score (nSPS) is 21.5. The fraction of sp³-hybridized carbons (Fsp3) is 0.250. The van der Waals surface area contributed by atoms with Crippen LogP contribution in [0.3, 0.4) is 0 Å². The molecule has 0 saturated carbocycles. The van der Waals surface area contributed by atoms with Crippen molar-refractivity contribution in [3.05, 3.63) is 65.1 Å². The van der Waals surface area contributed by atoms with E-state index in [9.17, 15) is 14.0 Å². The van der Waals surface area contributed by atoms with E-state index in [4.69, 9.17) is 4.74 Å². The van der Waals surface area contributed by atoms with Gasteiger partial charge in [-0.2, -0.15) is 5.10 Å². The molecule has 3 heterocycles. The summed E-state index contributed by atoms with van der Waals surface area (Å²) in [5.41, 5.74) is 1.32. The Morgan fingerprint density at radius 1 is 1.26 bits per heavy atom. The molecule has 2 aliphatic rings. The Morgan fingerprint density at radius 3 is 3.00 bits per heavy atom. The van der Waals surface area contributed by atoms with E-state index in [1.807, 2.05) is 12.1 Å². The summed E-state index contributed by atoms with van der Waals surface area (Å²) in [5, 5.41) is 7.38. The van der Waals surface area contributed by atoms with Crippen LogP contribution >= 0.6 is 0 Å². The fourth-order valence-corrected chi connectivity index (χ4v) is 4.15. The molecule has 1 atom stereocenters. The third-order valence-electron chi connectivity index (χ3n) is 5.40. The van der Waals surface area contributed by atoms with E-state index in [0.717, 1.165) is 5.56 Å². The molecule has 3 aromatic rings. The van der Waals surface area contributed by atoms with Crippen molar-refractivity contribution in [2.45, 2.75) is 18.4 Å². The average Bonchev–Trinajstić information content (AvgIpc) is 3.21. The molecular formula is C20H16FN3O3. The van der Waals surface area contributed by atoms with E-state index < -0.39 is 11.4 Å². The number of rotatable bonds is 1. The highest BCUT2D eigenvalue weighted by atomic mass is 19.1. The molecule has 6 nitrogen and oxygen atoms in total. The van der Waals surface area contributed by atoms with Gasteiger partial charge in [-0.1, -0.05) is 18.2 Å². The van der Waals surface area contributed by atoms with Crippen LogP contribution in [0, 0.1) is 5.82 Å². The van der Waals surface area contributed by atoms with Gasteiger partial charge in [0.2, 0.25) is 0 Å². The van der Waals surface area contributed by atoms with Gasteiger partial charge in [-0.25, -0.2) is 9.18 Å². The van der Waals surface area contributed by atoms with Crippen molar-refractivity contribution >= 4 is 22.8 Å². The van der Waals surface area contributed by atoms with Gasteiger partial charge in [-0.05, 0) is 37.1 Å². The Bertz CT molecular complexity index is 1090. The first-order valence-electron chi connectivity index (χ1n) is 8.83. The number of hydrogen-bond acceptors (Lipinski definition) is 4. The molecule has 1 saturated heterocycles. The Morgan fingerprint density at radius 2 is 2.11 bits per heavy atom. The Kier molecular flexibility index (Phi) is 3.34. The number of ether oxygens (including phenoxy) is 1. The van der Waals surface area contributed by atoms with Gasteiger partial charge in [-0.3, -0.25) is 9.89 Å². The fourth-order valence-electron chi connectivity index (χ4n) is 4.15. The minimum absolute atomic E-state index is 0.250. The van der Waals surface area contributed by atoms with Crippen molar-refractivity contribution in [3.63, 3.8) is 0 Å². The van der Waals surface area contributed by atoms with Crippen molar-refractivity contribution < 1.29 is 18.7 Å². The molecule has 2 aromatic carbocycles. The number of fused-ring (bicyclic) bond motifs is 3. The van der Waals surface area contributed by atoms with E-state index in [0.29, 0.717) is 35.9 Å². The average molecular weight is 365 g/mol. The summed E-state index contributed by atoms with van der Waals surface area (Å²) >= 11 is 0. The number of piperidine rings is 1. The molecule has 1 amide bonds. The zero-order valence-corrected chi connectivity index (χ0v) is 14.4. The lowest BCUT2D eigenvalue weighted by Crippen LogP contribution is -2.48. The zero-order chi connectivity index (χ0) is 18.6. The standard InChI is InChI=1S/C20H16FN3O3/c21-12-6-7-14-16(10-12)22-23-17(14)18(25)24-9-3-8-20(11-24)15-5-2-1-4-13(15)19(26)27-20/h1-2,4-7,10H,3,8-9,11H2,(H,22,23). The van der Waals surface area contributed by atoms with Crippen LogP contribution in [0.2, 0.25) is 0 Å². The number of likely N-dealkylation sites (tertiary alicyclic amines) is 1. The molecule has 1 fully saturated rings. The summed E-state index contributed by atoms with van der Waals surface area (Å²) in [7, 11) is 0. The van der Waals surface area contributed by atoms with E-state index in [1.54, 1.807) is 23.1 Å². The van der Waals surface area contributed by atoms with Crippen molar-refractivity contribution in [2.24, 2.45) is 0 Å². The van der Waals surface area contributed by atoms with Crippen molar-refractivity contribution in [2.75, 3.05) is 13.1 Å². The van der Waals surface area contributed by atoms with Crippen LogP contribution < -0.4 is 0 Å². The molecule has 7 heteroatoms. The smallest absolute Gasteiger partial charge is 0.339 e. The number of nitrogens with one attached hydrogen (secondary N) is 1. The largest absolute Gasteiger partial charge is 0.449 e. The first-order chi connectivity index (χ1) is 13.1. The Labute approximate surface area is 153 Å². The molecular weight excluding hydrogens is 349 g/mol. The van der Waals surface area contributed by atoms with Crippen LogP contribution in [-0.4, -0.2) is 40.1 Å². The van der Waals surface area contributed by atoms with Crippen molar-refractivity contribution in [3.8, 4) is 0 Å². The summed E-state index contributed by atoms with van der Waals surface area (Å²) in [6.07, 6.45) is 1.39. The first kappa shape index (κ1) is 16.0. The molecule has 0 aliphatic carbocycles. The SMILES string of the molecule is O=C1OC2(CCCN(C(=O)c3n[nH]c4cc(F)ccc34)C2)c2ccccc21. The molecule has 136 valence electrons. The van der Waals surface area contributed by atoms with E-state index >= 15 is 0 Å². The molecule has 2 aliphatic heterocycles. The monoisotopic (exact) mass is 365 g/mol. The highest BCUT2D eigenvalue weighted by Gasteiger charge is 2.49. The summed E-state index contributed by atoms with van der Waals surface area (Å²) in [6, 6.07) is 11.5. The van der Waals surface area contributed by atoms with Gasteiger partial charge >= 0.3 is 5.97 Å². The third-order valence-corrected chi connectivity index (χ3v) is 5.40. The molecule has 1 N–H and O–H groups in total. The maximum absolute atomic E-state index is 13.4. The zero-order valence-electron chi connectivity index (χ0n) is 14.4. The van der Waals surface area contributed by atoms with Crippen LogP contribution in [-0.2, 0) is 10.3 Å². The lowest BCUT2D eigenvalue weighted by atomic mass is 9.85. The lowest BCUT2D eigenvalue weighted by molar-refractivity contribution is -0.0443. The van der Waals surface area contributed by atoms with Gasteiger partial charge in [0.15, 0.2) is 11.3 Å². The third kappa shape index (κ3) is 2.34. The highest BCUT2D eigenvalue weighted by Crippen LogP contribution is 2.43. The van der Waals surface area contributed by atoms with Crippen LogP contribution in [0.4, 0.5) is 4.39 Å². The molecule has 1 unspecified atom stereocenters. The summed E-state index contributed by atoms with van der Waals surface area (Å²) in [5.74, 6) is -0.996. The number of carbonyl (C=O) groups is 2. The molecule has 0 bridgehead atoms. The Balaban J connectivity index is 1.50. The second-order valence-corrected chi connectivity index (χ2v) is 7.02. The van der Waals surface area contributed by atoms with Crippen molar-refractivity contribution in [1.82, 2.24) is 15.1 Å². The number of benzene rings is 2.